The Labute approximate surface area is 123 Å². The zero-order chi connectivity index (χ0) is 14.4. The summed E-state index contributed by atoms with van der Waals surface area (Å²) in [7, 11) is 1.82. The van der Waals surface area contributed by atoms with Crippen molar-refractivity contribution in [2.75, 3.05) is 6.54 Å². The second-order valence-corrected chi connectivity index (χ2v) is 6.39. The number of aryl methyl sites for hydroxylation is 1. The van der Waals surface area contributed by atoms with E-state index in [1.165, 1.54) is 32.1 Å². The second-order valence-electron chi connectivity index (χ2n) is 6.39. The van der Waals surface area contributed by atoms with E-state index in [2.05, 4.69) is 20.0 Å². The third-order valence-corrected chi connectivity index (χ3v) is 5.13. The molecule has 1 saturated carbocycles. The van der Waals surface area contributed by atoms with Crippen LogP contribution in [0.3, 0.4) is 0 Å². The molecule has 0 bridgehead atoms. The maximum atomic E-state index is 12.1. The molecule has 3 heterocycles. The molecule has 2 atom stereocenters. The van der Waals surface area contributed by atoms with Gasteiger partial charge in [0.15, 0.2) is 5.65 Å². The lowest BCUT2D eigenvalue weighted by atomic mass is 9.85. The van der Waals surface area contributed by atoms with Gasteiger partial charge in [0.05, 0.1) is 12.7 Å². The Hall–Kier alpha value is -1.69. The van der Waals surface area contributed by atoms with Gasteiger partial charge in [0.1, 0.15) is 11.2 Å². The molecule has 0 aromatic carbocycles. The number of aromatic amines is 1. The van der Waals surface area contributed by atoms with Crippen LogP contribution < -0.4 is 5.56 Å². The van der Waals surface area contributed by atoms with Crippen LogP contribution in [0, 0.1) is 5.92 Å². The monoisotopic (exact) mass is 287 g/mol. The van der Waals surface area contributed by atoms with Crippen LogP contribution in [0.15, 0.2) is 11.0 Å². The van der Waals surface area contributed by atoms with E-state index in [0.717, 1.165) is 24.8 Å². The Morgan fingerprint density at radius 3 is 3.10 bits per heavy atom. The Bertz CT molecular complexity index is 718. The van der Waals surface area contributed by atoms with Crippen LogP contribution in [-0.4, -0.2) is 37.2 Å². The second kappa shape index (κ2) is 4.94. The molecule has 0 amide bonds. The fourth-order valence-electron chi connectivity index (χ4n) is 4.04. The van der Waals surface area contributed by atoms with Crippen molar-refractivity contribution in [3.05, 3.63) is 22.4 Å². The molecule has 6 nitrogen and oxygen atoms in total. The van der Waals surface area contributed by atoms with Crippen LogP contribution in [0.5, 0.6) is 0 Å². The van der Waals surface area contributed by atoms with Crippen LogP contribution >= 0.6 is 0 Å². The van der Waals surface area contributed by atoms with E-state index >= 15 is 0 Å². The standard InChI is InChI=1S/C15H21N5O/c1-19-14-11(8-16-19)15(21)18-13(17-14)9-20-7-6-10-4-2-3-5-12(10)20/h8,10,12H,2-7,9H2,1H3,(H,17,18,21)/t10-,12-/m1/s1. The number of likely N-dealkylation sites (tertiary alicyclic amines) is 1. The first kappa shape index (κ1) is 13.0. The topological polar surface area (TPSA) is 66.8 Å². The molecule has 0 radical (unpaired) electrons. The fourth-order valence-corrected chi connectivity index (χ4v) is 4.04. The number of nitrogens with one attached hydrogen (secondary N) is 1. The normalized spacial score (nSPS) is 26.3. The third kappa shape index (κ3) is 2.18. The van der Waals surface area contributed by atoms with E-state index in [-0.39, 0.29) is 5.56 Å². The lowest BCUT2D eigenvalue weighted by molar-refractivity contribution is 0.172. The molecule has 1 saturated heterocycles. The molecule has 1 aliphatic heterocycles. The van der Waals surface area contributed by atoms with Crippen molar-refractivity contribution in [1.29, 1.82) is 0 Å². The Kier molecular flexibility index (Phi) is 3.06. The Balaban J connectivity index is 1.62. The highest BCUT2D eigenvalue weighted by Gasteiger charge is 2.35. The smallest absolute Gasteiger partial charge is 0.262 e. The van der Waals surface area contributed by atoms with Gasteiger partial charge in [-0.25, -0.2) is 4.98 Å². The first-order chi connectivity index (χ1) is 10.2. The van der Waals surface area contributed by atoms with Gasteiger partial charge in [-0.3, -0.25) is 14.4 Å². The van der Waals surface area contributed by atoms with Crippen LogP contribution in [0.2, 0.25) is 0 Å². The summed E-state index contributed by atoms with van der Waals surface area (Å²) in [5.74, 6) is 1.62. The highest BCUT2D eigenvalue weighted by atomic mass is 16.1. The molecule has 2 fully saturated rings. The highest BCUT2D eigenvalue weighted by molar-refractivity contribution is 5.72. The van der Waals surface area contributed by atoms with Gasteiger partial charge in [0.2, 0.25) is 0 Å². The van der Waals surface area contributed by atoms with E-state index in [1.54, 1.807) is 10.9 Å². The van der Waals surface area contributed by atoms with Gasteiger partial charge in [0, 0.05) is 13.1 Å². The van der Waals surface area contributed by atoms with Crippen molar-refractivity contribution in [1.82, 2.24) is 24.6 Å². The molecule has 2 aromatic heterocycles. The van der Waals surface area contributed by atoms with Crippen LogP contribution in [0.4, 0.5) is 0 Å². The number of fused-ring (bicyclic) bond motifs is 2. The molecular formula is C15H21N5O. The third-order valence-electron chi connectivity index (χ3n) is 5.13. The lowest BCUT2D eigenvalue weighted by Gasteiger charge is -2.31. The SMILES string of the molecule is Cn1ncc2c(=O)[nH]c(CN3CC[C@H]4CCCC[C@H]43)nc21. The Morgan fingerprint density at radius 1 is 1.33 bits per heavy atom. The highest BCUT2D eigenvalue weighted by Crippen LogP contribution is 2.36. The summed E-state index contributed by atoms with van der Waals surface area (Å²) in [4.78, 5) is 22.1. The zero-order valence-electron chi connectivity index (χ0n) is 12.4. The predicted molar refractivity (Wildman–Crippen MR) is 79.9 cm³/mol. The summed E-state index contributed by atoms with van der Waals surface area (Å²) in [5.41, 5.74) is 0.593. The van der Waals surface area contributed by atoms with Gasteiger partial charge in [-0.1, -0.05) is 12.8 Å². The molecule has 1 N–H and O–H groups in total. The van der Waals surface area contributed by atoms with Gasteiger partial charge < -0.3 is 4.98 Å². The van der Waals surface area contributed by atoms with Crippen molar-refractivity contribution < 1.29 is 0 Å². The number of rotatable bonds is 2. The van der Waals surface area contributed by atoms with Crippen molar-refractivity contribution in [2.45, 2.75) is 44.7 Å². The summed E-state index contributed by atoms with van der Waals surface area (Å²) in [6.07, 6.45) is 8.25. The number of nitrogens with zero attached hydrogens (tertiary/aromatic N) is 4. The van der Waals surface area contributed by atoms with E-state index in [0.29, 0.717) is 17.1 Å². The largest absolute Gasteiger partial charge is 0.309 e. The zero-order valence-corrected chi connectivity index (χ0v) is 12.4. The lowest BCUT2D eigenvalue weighted by Crippen LogP contribution is -2.35. The van der Waals surface area contributed by atoms with Gasteiger partial charge >= 0.3 is 0 Å². The van der Waals surface area contributed by atoms with Gasteiger partial charge in [-0.2, -0.15) is 5.10 Å². The molecule has 4 rings (SSSR count). The molecule has 2 aliphatic rings. The Morgan fingerprint density at radius 2 is 2.19 bits per heavy atom. The van der Waals surface area contributed by atoms with Crippen LogP contribution in [0.25, 0.3) is 11.0 Å². The fraction of sp³-hybridized carbons (Fsp3) is 0.667. The summed E-state index contributed by atoms with van der Waals surface area (Å²) in [6, 6.07) is 0.686. The molecule has 112 valence electrons. The maximum absolute atomic E-state index is 12.1. The summed E-state index contributed by atoms with van der Waals surface area (Å²) in [5, 5.41) is 4.68. The molecule has 0 unspecified atom stereocenters. The average Bonchev–Trinajstić information content (AvgIpc) is 3.05. The minimum absolute atomic E-state index is 0.0810. The van der Waals surface area contributed by atoms with Crippen LogP contribution in [0.1, 0.15) is 37.9 Å². The summed E-state index contributed by atoms with van der Waals surface area (Å²) in [6.45, 7) is 1.87. The minimum Gasteiger partial charge on any atom is -0.309 e. The number of aromatic nitrogens is 4. The molecule has 6 heteroatoms. The van der Waals surface area contributed by atoms with Crippen LogP contribution in [-0.2, 0) is 13.6 Å². The average molecular weight is 287 g/mol. The van der Waals surface area contributed by atoms with Crippen molar-refractivity contribution in [3.63, 3.8) is 0 Å². The quantitative estimate of drug-likeness (QED) is 0.907. The summed E-state index contributed by atoms with van der Waals surface area (Å²) < 4.78 is 1.67. The molecule has 2 aromatic rings. The van der Waals surface area contributed by atoms with E-state index in [4.69, 9.17) is 0 Å². The van der Waals surface area contributed by atoms with E-state index in [9.17, 15) is 4.79 Å². The number of H-pyrrole nitrogens is 1. The molecule has 21 heavy (non-hydrogen) atoms. The van der Waals surface area contributed by atoms with Crippen molar-refractivity contribution in [3.8, 4) is 0 Å². The van der Waals surface area contributed by atoms with Gasteiger partial charge in [-0.15, -0.1) is 0 Å². The predicted octanol–water partition coefficient (Wildman–Crippen LogP) is 1.42. The number of hydrogen-bond acceptors (Lipinski definition) is 4. The van der Waals surface area contributed by atoms with Crippen molar-refractivity contribution >= 4 is 11.0 Å². The summed E-state index contributed by atoms with van der Waals surface area (Å²) >= 11 is 0. The van der Waals surface area contributed by atoms with Gasteiger partial charge in [0.25, 0.3) is 5.56 Å². The molecule has 1 aliphatic carbocycles. The molecular weight excluding hydrogens is 266 g/mol. The molecule has 0 spiro atoms. The van der Waals surface area contributed by atoms with E-state index < -0.39 is 0 Å². The minimum atomic E-state index is -0.0810. The first-order valence-electron chi connectivity index (χ1n) is 7.87. The van der Waals surface area contributed by atoms with Crippen molar-refractivity contribution in [2.24, 2.45) is 13.0 Å². The van der Waals surface area contributed by atoms with Gasteiger partial charge in [-0.05, 0) is 31.7 Å². The maximum Gasteiger partial charge on any atom is 0.262 e. The first-order valence-corrected chi connectivity index (χ1v) is 7.87. The van der Waals surface area contributed by atoms with E-state index in [1.807, 2.05) is 7.05 Å². The number of hydrogen-bond donors (Lipinski definition) is 1.